The minimum absolute atomic E-state index is 0.0345. The standard InChI is InChI=1S/C24H26F3NO5/c1-22(2,3)33-21(31)28-15-23(20(29)30,14-13-19(28)16-7-5-4-6-8-16)32-18-11-9-17(10-12-18)24(25,26)27/h4-12,19H,13-15H2,1-3H3,(H,29,30)/t19-,23?/m1/s1. The number of aliphatic carboxylic acids is 1. The molecule has 2 aromatic carbocycles. The average Bonchev–Trinajstić information content (AvgIpc) is 2.73. The second-order valence-electron chi connectivity index (χ2n) is 9.00. The number of carbonyl (C=O) groups is 2. The summed E-state index contributed by atoms with van der Waals surface area (Å²) < 4.78 is 49.9. The summed E-state index contributed by atoms with van der Waals surface area (Å²) in [5.74, 6) is -1.35. The van der Waals surface area contributed by atoms with Gasteiger partial charge in [-0.05, 0) is 57.0 Å². The first kappa shape index (κ1) is 24.4. The van der Waals surface area contributed by atoms with Gasteiger partial charge in [-0.25, -0.2) is 9.59 Å². The normalized spacial score (nSPS) is 21.4. The van der Waals surface area contributed by atoms with Gasteiger partial charge in [-0.2, -0.15) is 13.2 Å². The number of halogens is 3. The van der Waals surface area contributed by atoms with Gasteiger partial charge in [0.05, 0.1) is 18.2 Å². The monoisotopic (exact) mass is 465 g/mol. The minimum atomic E-state index is -4.52. The second kappa shape index (κ2) is 8.96. The van der Waals surface area contributed by atoms with Crippen molar-refractivity contribution in [2.75, 3.05) is 6.54 Å². The van der Waals surface area contributed by atoms with Gasteiger partial charge in [-0.15, -0.1) is 0 Å². The summed E-state index contributed by atoms with van der Waals surface area (Å²) in [6.45, 7) is 4.78. The molecule has 0 saturated carbocycles. The fraction of sp³-hybridized carbons (Fsp3) is 0.417. The number of hydrogen-bond donors (Lipinski definition) is 1. The van der Waals surface area contributed by atoms with Crippen LogP contribution < -0.4 is 4.74 Å². The number of carboxylic acids is 1. The van der Waals surface area contributed by atoms with E-state index in [4.69, 9.17) is 9.47 Å². The van der Waals surface area contributed by atoms with Gasteiger partial charge in [0.1, 0.15) is 11.4 Å². The quantitative estimate of drug-likeness (QED) is 0.629. The molecule has 0 bridgehead atoms. The molecule has 0 radical (unpaired) electrons. The molecule has 1 amide bonds. The molecule has 1 aliphatic rings. The van der Waals surface area contributed by atoms with Crippen molar-refractivity contribution < 1.29 is 37.3 Å². The van der Waals surface area contributed by atoms with Crippen LogP contribution in [0.4, 0.5) is 18.0 Å². The molecule has 1 fully saturated rings. The third kappa shape index (κ3) is 5.77. The maximum Gasteiger partial charge on any atom is 0.416 e. The molecular weight excluding hydrogens is 439 g/mol. The van der Waals surface area contributed by atoms with Crippen molar-refractivity contribution in [3.05, 3.63) is 65.7 Å². The SMILES string of the molecule is CC(C)(C)OC(=O)N1CC(Oc2ccc(C(F)(F)F)cc2)(C(=O)O)CC[C@@H]1c1ccccc1. The van der Waals surface area contributed by atoms with E-state index in [1.165, 1.54) is 4.90 Å². The van der Waals surface area contributed by atoms with Crippen molar-refractivity contribution in [2.45, 2.75) is 57.0 Å². The van der Waals surface area contributed by atoms with Crippen LogP contribution >= 0.6 is 0 Å². The Morgan fingerprint density at radius 3 is 2.15 bits per heavy atom. The first-order valence-corrected chi connectivity index (χ1v) is 10.4. The highest BCUT2D eigenvalue weighted by molar-refractivity contribution is 5.80. The molecule has 1 unspecified atom stereocenters. The number of benzene rings is 2. The lowest BCUT2D eigenvalue weighted by Crippen LogP contribution is -2.59. The largest absolute Gasteiger partial charge is 0.478 e. The lowest BCUT2D eigenvalue weighted by Gasteiger charge is -2.44. The summed E-state index contributed by atoms with van der Waals surface area (Å²) in [6, 6.07) is 12.5. The number of hydrogen-bond acceptors (Lipinski definition) is 4. The van der Waals surface area contributed by atoms with Gasteiger partial charge in [0.15, 0.2) is 0 Å². The summed E-state index contributed by atoms with van der Waals surface area (Å²) in [5.41, 5.74) is -2.71. The van der Waals surface area contributed by atoms with Crippen LogP contribution in [0.2, 0.25) is 0 Å². The molecule has 2 aromatic rings. The zero-order valence-electron chi connectivity index (χ0n) is 18.6. The number of carboxylic acid groups (broad SMARTS) is 1. The lowest BCUT2D eigenvalue weighted by molar-refractivity contribution is -0.161. The van der Waals surface area contributed by atoms with Crippen molar-refractivity contribution in [1.29, 1.82) is 0 Å². The van der Waals surface area contributed by atoms with Crippen LogP contribution in [0, 0.1) is 0 Å². The second-order valence-corrected chi connectivity index (χ2v) is 9.00. The van der Waals surface area contributed by atoms with Gasteiger partial charge in [-0.3, -0.25) is 4.90 Å². The predicted molar refractivity (Wildman–Crippen MR) is 114 cm³/mol. The fourth-order valence-electron chi connectivity index (χ4n) is 3.76. The summed E-state index contributed by atoms with van der Waals surface area (Å²) in [7, 11) is 0. The maximum absolute atomic E-state index is 13.0. The summed E-state index contributed by atoms with van der Waals surface area (Å²) >= 11 is 0. The molecule has 1 saturated heterocycles. The van der Waals surface area contributed by atoms with E-state index < -0.39 is 41.0 Å². The Morgan fingerprint density at radius 1 is 1.03 bits per heavy atom. The van der Waals surface area contributed by atoms with Crippen molar-refractivity contribution in [2.24, 2.45) is 0 Å². The van der Waals surface area contributed by atoms with Crippen molar-refractivity contribution in [3.63, 3.8) is 0 Å². The van der Waals surface area contributed by atoms with Crippen LogP contribution in [0.25, 0.3) is 0 Å². The molecule has 1 heterocycles. The lowest BCUT2D eigenvalue weighted by atomic mass is 9.85. The Bertz CT molecular complexity index is 986. The van der Waals surface area contributed by atoms with Gasteiger partial charge in [0.2, 0.25) is 5.60 Å². The van der Waals surface area contributed by atoms with E-state index in [-0.39, 0.29) is 25.1 Å². The van der Waals surface area contributed by atoms with Crippen molar-refractivity contribution >= 4 is 12.1 Å². The zero-order valence-corrected chi connectivity index (χ0v) is 18.6. The van der Waals surface area contributed by atoms with Gasteiger partial charge in [-0.1, -0.05) is 30.3 Å². The molecule has 0 aromatic heterocycles. The fourth-order valence-corrected chi connectivity index (χ4v) is 3.76. The van der Waals surface area contributed by atoms with E-state index in [2.05, 4.69) is 0 Å². The number of alkyl halides is 3. The minimum Gasteiger partial charge on any atom is -0.478 e. The number of piperidine rings is 1. The highest BCUT2D eigenvalue weighted by atomic mass is 19.4. The van der Waals surface area contributed by atoms with Crippen LogP contribution in [0.3, 0.4) is 0 Å². The third-order valence-corrected chi connectivity index (χ3v) is 5.32. The van der Waals surface area contributed by atoms with Crippen LogP contribution in [0.5, 0.6) is 5.75 Å². The van der Waals surface area contributed by atoms with Crippen LogP contribution in [0.1, 0.15) is 50.8 Å². The molecule has 1 N–H and O–H groups in total. The zero-order chi connectivity index (χ0) is 24.4. The molecule has 0 aliphatic carbocycles. The van der Waals surface area contributed by atoms with E-state index in [1.807, 2.05) is 30.3 Å². The number of nitrogens with zero attached hydrogens (tertiary/aromatic N) is 1. The third-order valence-electron chi connectivity index (χ3n) is 5.32. The summed E-state index contributed by atoms with van der Waals surface area (Å²) in [5, 5.41) is 10.0. The molecule has 9 heteroatoms. The Hall–Kier alpha value is -3.23. The maximum atomic E-state index is 13.0. The van der Waals surface area contributed by atoms with Gasteiger partial charge in [0, 0.05) is 6.42 Å². The number of carbonyl (C=O) groups excluding carboxylic acids is 1. The van der Waals surface area contributed by atoms with E-state index in [1.54, 1.807) is 20.8 Å². The smallest absolute Gasteiger partial charge is 0.416 e. The van der Waals surface area contributed by atoms with Crippen molar-refractivity contribution in [1.82, 2.24) is 4.90 Å². The highest BCUT2D eigenvalue weighted by Gasteiger charge is 2.50. The Morgan fingerprint density at radius 2 is 1.64 bits per heavy atom. The number of rotatable bonds is 4. The Balaban J connectivity index is 1.93. The molecule has 6 nitrogen and oxygen atoms in total. The average molecular weight is 465 g/mol. The van der Waals surface area contributed by atoms with Crippen molar-refractivity contribution in [3.8, 4) is 5.75 Å². The molecule has 3 rings (SSSR count). The molecular formula is C24H26F3NO5. The van der Waals surface area contributed by atoms with Crippen LogP contribution in [-0.4, -0.2) is 39.8 Å². The number of amides is 1. The topological polar surface area (TPSA) is 76.1 Å². The van der Waals surface area contributed by atoms with E-state index in [9.17, 15) is 27.9 Å². The molecule has 33 heavy (non-hydrogen) atoms. The molecule has 178 valence electrons. The van der Waals surface area contributed by atoms with E-state index in [0.717, 1.165) is 29.8 Å². The predicted octanol–water partition coefficient (Wildman–Crippen LogP) is 5.68. The molecule has 0 spiro atoms. The Labute approximate surface area is 189 Å². The van der Waals surface area contributed by atoms with Gasteiger partial charge in [0.25, 0.3) is 0 Å². The highest BCUT2D eigenvalue weighted by Crippen LogP contribution is 2.39. The summed E-state index contributed by atoms with van der Waals surface area (Å²) in [6.07, 6.45) is -4.92. The van der Waals surface area contributed by atoms with E-state index >= 15 is 0 Å². The molecule has 1 aliphatic heterocycles. The van der Waals surface area contributed by atoms with E-state index in [0.29, 0.717) is 0 Å². The van der Waals surface area contributed by atoms with Gasteiger partial charge >= 0.3 is 18.2 Å². The first-order valence-electron chi connectivity index (χ1n) is 10.4. The van der Waals surface area contributed by atoms with Crippen LogP contribution in [-0.2, 0) is 15.7 Å². The van der Waals surface area contributed by atoms with Gasteiger partial charge < -0.3 is 14.6 Å². The Kier molecular flexibility index (Phi) is 6.63. The number of ether oxygens (including phenoxy) is 2. The van der Waals surface area contributed by atoms with Crippen LogP contribution in [0.15, 0.2) is 54.6 Å². The number of likely N-dealkylation sites (tertiary alicyclic amines) is 1. The molecule has 2 atom stereocenters. The summed E-state index contributed by atoms with van der Waals surface area (Å²) in [4.78, 5) is 26.7. The first-order chi connectivity index (χ1) is 15.3.